The molecule has 1 saturated heterocycles. The lowest BCUT2D eigenvalue weighted by Gasteiger charge is -2.33. The van der Waals surface area contributed by atoms with Crippen LogP contribution in [0.5, 0.6) is 0 Å². The van der Waals surface area contributed by atoms with Crippen molar-refractivity contribution in [1.29, 1.82) is 0 Å². The molecule has 31 heavy (non-hydrogen) atoms. The molecule has 1 amide bonds. The molecule has 5 heteroatoms. The molecule has 2 aromatic rings. The smallest absolute Gasteiger partial charge is 0.220 e. The fraction of sp³-hybridized carbons (Fsp3) is 0.462. The number of nitrogens with one attached hydrogen (secondary N) is 1. The molecule has 2 aromatic carbocycles. The monoisotopic (exact) mass is 420 g/mol. The van der Waals surface area contributed by atoms with Gasteiger partial charge in [0, 0.05) is 44.6 Å². The van der Waals surface area contributed by atoms with Gasteiger partial charge in [0.25, 0.3) is 0 Å². The molecule has 4 rings (SSSR count). The predicted molar refractivity (Wildman–Crippen MR) is 121 cm³/mol. The highest BCUT2D eigenvalue weighted by atomic mass is 16.5. The van der Waals surface area contributed by atoms with E-state index in [1.54, 1.807) is 0 Å². The Hall–Kier alpha value is -2.50. The molecular formula is C26H32N2O3. The Kier molecular flexibility index (Phi) is 7.49. The number of aryl methyl sites for hydroxylation is 2. The van der Waals surface area contributed by atoms with Crippen molar-refractivity contribution in [3.63, 3.8) is 0 Å². The maximum absolute atomic E-state index is 12.5. The number of morpholine rings is 1. The van der Waals surface area contributed by atoms with Crippen LogP contribution in [0.3, 0.4) is 0 Å². The molecule has 1 N–H and O–H groups in total. The van der Waals surface area contributed by atoms with Gasteiger partial charge in [-0.2, -0.15) is 0 Å². The molecule has 164 valence electrons. The molecule has 2 aliphatic rings. The lowest BCUT2D eigenvalue weighted by molar-refractivity contribution is -0.122. The van der Waals surface area contributed by atoms with Crippen molar-refractivity contribution < 1.29 is 14.3 Å². The van der Waals surface area contributed by atoms with Crippen LogP contribution < -0.4 is 5.32 Å². The van der Waals surface area contributed by atoms with Crippen molar-refractivity contribution >= 4 is 11.7 Å². The van der Waals surface area contributed by atoms with Crippen molar-refractivity contribution in [2.45, 2.75) is 51.2 Å². The maximum atomic E-state index is 12.5. The Labute approximate surface area is 184 Å². The van der Waals surface area contributed by atoms with Gasteiger partial charge in [-0.15, -0.1) is 0 Å². The van der Waals surface area contributed by atoms with Crippen LogP contribution in [0.25, 0.3) is 0 Å². The third kappa shape index (κ3) is 6.25. The van der Waals surface area contributed by atoms with Gasteiger partial charge in [-0.25, -0.2) is 0 Å². The second-order valence-electron chi connectivity index (χ2n) is 8.63. The summed E-state index contributed by atoms with van der Waals surface area (Å²) in [7, 11) is 0. The number of rotatable bonds is 8. The standard InChI is InChI=1S/C26H32N2O3/c29-25(23-11-10-21-8-4-5-9-22(21)16-23)12-13-26(30)27-17-24-19-28(14-15-31-24)18-20-6-2-1-3-7-20/h1-3,6-7,10-11,16,24H,4-5,8-9,12-15,17-19H2,(H,27,30). The molecule has 0 radical (unpaired) electrons. The normalized spacial score (nSPS) is 18.9. The Balaban J connectivity index is 1.19. The molecule has 1 unspecified atom stereocenters. The minimum absolute atomic E-state index is 0.0160. The lowest BCUT2D eigenvalue weighted by Crippen LogP contribution is -2.47. The van der Waals surface area contributed by atoms with Crippen LogP contribution >= 0.6 is 0 Å². The van der Waals surface area contributed by atoms with Gasteiger partial charge in [-0.1, -0.05) is 42.5 Å². The van der Waals surface area contributed by atoms with E-state index in [9.17, 15) is 9.59 Å². The second kappa shape index (κ2) is 10.7. The molecule has 1 atom stereocenters. The number of ketones is 1. The Bertz CT molecular complexity index is 897. The number of benzene rings is 2. The lowest BCUT2D eigenvalue weighted by atomic mass is 9.89. The summed E-state index contributed by atoms with van der Waals surface area (Å²) in [5.74, 6) is -0.0402. The number of Topliss-reactive ketones (excluding diaryl/α,β-unsaturated/α-hetero) is 1. The molecule has 0 bridgehead atoms. The van der Waals surface area contributed by atoms with Crippen LogP contribution in [0.2, 0.25) is 0 Å². The number of nitrogens with zero attached hydrogens (tertiary/aromatic N) is 1. The molecule has 1 aliphatic carbocycles. The van der Waals surface area contributed by atoms with Crippen molar-refractivity contribution in [3.05, 3.63) is 70.8 Å². The van der Waals surface area contributed by atoms with Crippen LogP contribution in [0, 0.1) is 0 Å². The van der Waals surface area contributed by atoms with E-state index in [-0.39, 0.29) is 30.6 Å². The fourth-order valence-corrected chi connectivity index (χ4v) is 4.48. The van der Waals surface area contributed by atoms with Crippen LogP contribution in [0.1, 0.15) is 52.7 Å². The largest absolute Gasteiger partial charge is 0.374 e. The molecule has 1 fully saturated rings. The molecular weight excluding hydrogens is 388 g/mol. The fourth-order valence-electron chi connectivity index (χ4n) is 4.48. The van der Waals surface area contributed by atoms with Gasteiger partial charge in [0.05, 0.1) is 12.7 Å². The second-order valence-corrected chi connectivity index (χ2v) is 8.63. The van der Waals surface area contributed by atoms with E-state index in [0.29, 0.717) is 13.2 Å². The topological polar surface area (TPSA) is 58.6 Å². The zero-order chi connectivity index (χ0) is 21.5. The summed E-state index contributed by atoms with van der Waals surface area (Å²) in [4.78, 5) is 27.2. The Morgan fingerprint density at radius 2 is 1.81 bits per heavy atom. The Morgan fingerprint density at radius 3 is 2.65 bits per heavy atom. The van der Waals surface area contributed by atoms with Gasteiger partial charge in [0.15, 0.2) is 5.78 Å². The predicted octanol–water partition coefficient (Wildman–Crippen LogP) is 3.55. The summed E-state index contributed by atoms with van der Waals surface area (Å²) in [5, 5.41) is 2.95. The van der Waals surface area contributed by atoms with Gasteiger partial charge < -0.3 is 10.1 Å². The summed E-state index contributed by atoms with van der Waals surface area (Å²) in [6, 6.07) is 16.4. The van der Waals surface area contributed by atoms with Gasteiger partial charge in [-0.3, -0.25) is 14.5 Å². The van der Waals surface area contributed by atoms with Crippen molar-refractivity contribution in [3.8, 4) is 0 Å². The van der Waals surface area contributed by atoms with E-state index in [1.165, 1.54) is 29.5 Å². The van der Waals surface area contributed by atoms with Crippen LogP contribution in [-0.4, -0.2) is 48.9 Å². The zero-order valence-corrected chi connectivity index (χ0v) is 18.1. The summed E-state index contributed by atoms with van der Waals surface area (Å²) >= 11 is 0. The number of hydrogen-bond donors (Lipinski definition) is 1. The highest BCUT2D eigenvalue weighted by molar-refractivity contribution is 5.98. The third-order valence-corrected chi connectivity index (χ3v) is 6.25. The number of ether oxygens (including phenoxy) is 1. The minimum atomic E-state index is -0.0879. The summed E-state index contributed by atoms with van der Waals surface area (Å²) in [6.07, 6.45) is 5.04. The number of fused-ring (bicyclic) bond motifs is 1. The van der Waals surface area contributed by atoms with Crippen molar-refractivity contribution in [2.24, 2.45) is 0 Å². The van der Waals surface area contributed by atoms with Crippen molar-refractivity contribution in [2.75, 3.05) is 26.2 Å². The first-order chi connectivity index (χ1) is 15.2. The van der Waals surface area contributed by atoms with Crippen molar-refractivity contribution in [1.82, 2.24) is 10.2 Å². The summed E-state index contributed by atoms with van der Waals surface area (Å²) < 4.78 is 5.82. The summed E-state index contributed by atoms with van der Waals surface area (Å²) in [6.45, 7) is 3.74. The van der Waals surface area contributed by atoms with Crippen LogP contribution in [0.15, 0.2) is 48.5 Å². The zero-order valence-electron chi connectivity index (χ0n) is 18.1. The van der Waals surface area contributed by atoms with E-state index in [2.05, 4.69) is 40.5 Å². The number of amides is 1. The summed E-state index contributed by atoms with van der Waals surface area (Å²) in [5.41, 5.74) is 4.69. The van der Waals surface area contributed by atoms with Gasteiger partial charge in [0.2, 0.25) is 5.91 Å². The Morgan fingerprint density at radius 1 is 1.00 bits per heavy atom. The molecule has 1 aliphatic heterocycles. The molecule has 1 heterocycles. The van der Waals surface area contributed by atoms with E-state index < -0.39 is 0 Å². The molecule has 0 spiro atoms. The maximum Gasteiger partial charge on any atom is 0.220 e. The van der Waals surface area contributed by atoms with E-state index in [1.807, 2.05) is 18.2 Å². The minimum Gasteiger partial charge on any atom is -0.374 e. The first kappa shape index (κ1) is 21.7. The highest BCUT2D eigenvalue weighted by Gasteiger charge is 2.21. The molecule has 0 aromatic heterocycles. The average molecular weight is 421 g/mol. The molecule has 5 nitrogen and oxygen atoms in total. The van der Waals surface area contributed by atoms with Crippen LogP contribution in [0.4, 0.5) is 0 Å². The van der Waals surface area contributed by atoms with Gasteiger partial charge in [0.1, 0.15) is 0 Å². The van der Waals surface area contributed by atoms with Gasteiger partial charge >= 0.3 is 0 Å². The quantitative estimate of drug-likeness (QED) is 0.664. The van der Waals surface area contributed by atoms with E-state index >= 15 is 0 Å². The third-order valence-electron chi connectivity index (χ3n) is 6.25. The highest BCUT2D eigenvalue weighted by Crippen LogP contribution is 2.23. The first-order valence-electron chi connectivity index (χ1n) is 11.5. The van der Waals surface area contributed by atoms with E-state index in [0.717, 1.165) is 38.0 Å². The molecule has 0 saturated carbocycles. The van der Waals surface area contributed by atoms with Crippen LogP contribution in [-0.2, 0) is 28.9 Å². The number of hydrogen-bond acceptors (Lipinski definition) is 4. The first-order valence-corrected chi connectivity index (χ1v) is 11.5. The SMILES string of the molecule is O=C(CCC(=O)c1ccc2c(c1)CCCC2)NCC1CN(Cc2ccccc2)CCO1. The number of carbonyl (C=O) groups is 2. The number of carbonyl (C=O) groups excluding carboxylic acids is 2. The van der Waals surface area contributed by atoms with E-state index in [4.69, 9.17) is 4.74 Å². The van der Waals surface area contributed by atoms with Gasteiger partial charge in [-0.05, 0) is 48.4 Å². The average Bonchev–Trinajstić information content (AvgIpc) is 2.82.